The van der Waals surface area contributed by atoms with Gasteiger partial charge < -0.3 is 39.6 Å². The summed E-state index contributed by atoms with van der Waals surface area (Å²) in [5, 5.41) is 39.4. The van der Waals surface area contributed by atoms with E-state index < -0.39 is 23.9 Å². The minimum absolute atomic E-state index is 0. The average Bonchev–Trinajstić information content (AvgIpc) is 2.81. The molecule has 0 atom stereocenters. The molecule has 0 aromatic heterocycles. The van der Waals surface area contributed by atoms with Gasteiger partial charge in [0.2, 0.25) is 0 Å². The van der Waals surface area contributed by atoms with Crippen molar-refractivity contribution in [3.8, 4) is 0 Å². The van der Waals surface area contributed by atoms with Crippen molar-refractivity contribution in [3.63, 3.8) is 0 Å². The Morgan fingerprint density at radius 1 is 0.351 bits per heavy atom. The van der Waals surface area contributed by atoms with Crippen molar-refractivity contribution in [1.29, 1.82) is 0 Å². The molecule has 0 radical (unpaired) electrons. The minimum Gasteiger partial charge on any atom is -0.550 e. The molecule has 0 spiro atoms. The van der Waals surface area contributed by atoms with Gasteiger partial charge in [0.25, 0.3) is 0 Å². The summed E-state index contributed by atoms with van der Waals surface area (Å²) in [6.07, 6.45) is 17.2. The molecule has 216 valence electrons. The molecule has 0 aliphatic heterocycles. The van der Waals surface area contributed by atoms with Gasteiger partial charge in [0.1, 0.15) is 0 Å². The Labute approximate surface area is 243 Å². The van der Waals surface area contributed by atoms with Crippen molar-refractivity contribution >= 4 is 47.8 Å². The first-order valence-electron chi connectivity index (χ1n) is 13.9. The third kappa shape index (κ3) is 72.0. The van der Waals surface area contributed by atoms with Crippen molar-refractivity contribution in [2.45, 2.75) is 156 Å². The van der Waals surface area contributed by atoms with Crippen LogP contribution in [-0.2, 0) is 19.2 Å². The second-order valence-electron chi connectivity index (χ2n) is 8.73. The molecule has 0 saturated heterocycles. The van der Waals surface area contributed by atoms with Crippen LogP contribution in [-0.4, -0.2) is 47.8 Å². The summed E-state index contributed by atoms with van der Waals surface area (Å²) in [5.41, 5.74) is 0. The quantitative estimate of drug-likeness (QED) is 0.146. The Hall–Kier alpha value is -1.32. The van der Waals surface area contributed by atoms with E-state index in [0.29, 0.717) is 0 Å². The third-order valence-electron chi connectivity index (χ3n) is 4.94. The second kappa shape index (κ2) is 41.8. The largest absolute Gasteiger partial charge is 4.00 e. The fourth-order valence-electron chi connectivity index (χ4n) is 2.78. The number of hydrogen-bond acceptors (Lipinski definition) is 8. The van der Waals surface area contributed by atoms with Gasteiger partial charge in [0.05, 0.1) is 0 Å². The van der Waals surface area contributed by atoms with Gasteiger partial charge in [-0.2, -0.15) is 0 Å². The van der Waals surface area contributed by atoms with Crippen LogP contribution in [0.15, 0.2) is 0 Å². The smallest absolute Gasteiger partial charge is 0.550 e. The molecule has 0 unspecified atom stereocenters. The number of carbonyl (C=O) groups is 4. The number of rotatable bonds is 20. The summed E-state index contributed by atoms with van der Waals surface area (Å²) in [7, 11) is 0. The zero-order valence-electron chi connectivity index (χ0n) is 23.9. The molecule has 0 aliphatic carbocycles. The number of hydrogen-bond donors (Lipinski definition) is 0. The van der Waals surface area contributed by atoms with E-state index in [9.17, 15) is 39.6 Å². The summed E-state index contributed by atoms with van der Waals surface area (Å²) in [6, 6.07) is 0. The van der Waals surface area contributed by atoms with E-state index in [1.54, 1.807) is 0 Å². The SMILES string of the molecule is CCCCCCC(=O)[O-].CCCCCCC(=O)[O-].CCCCCCC(=O)[O-].CCCCCCC(=O)[O-].[Sn+4]. The van der Waals surface area contributed by atoms with Gasteiger partial charge in [-0.05, 0) is 51.4 Å². The summed E-state index contributed by atoms with van der Waals surface area (Å²) >= 11 is 0. The number of carboxylic acids is 4. The molecule has 0 saturated carbocycles. The van der Waals surface area contributed by atoms with E-state index in [1.165, 1.54) is 0 Å². The Morgan fingerprint density at radius 3 is 0.622 bits per heavy atom. The average molecular weight is 635 g/mol. The molecule has 0 fully saturated rings. The van der Waals surface area contributed by atoms with Gasteiger partial charge >= 0.3 is 23.9 Å². The van der Waals surface area contributed by atoms with Gasteiger partial charge in [-0.25, -0.2) is 0 Å². The second-order valence-corrected chi connectivity index (χ2v) is 8.73. The Kier molecular flexibility index (Phi) is 51.5. The van der Waals surface area contributed by atoms with Crippen molar-refractivity contribution in [2.75, 3.05) is 0 Å². The van der Waals surface area contributed by atoms with Crippen molar-refractivity contribution < 1.29 is 39.6 Å². The van der Waals surface area contributed by atoms with Crippen LogP contribution in [0.3, 0.4) is 0 Å². The number of carboxylic acid groups (broad SMARTS) is 4. The molecule has 0 heterocycles. The Bertz CT molecular complexity index is 411. The Balaban J connectivity index is -0.000000122. The first-order chi connectivity index (χ1) is 17.1. The van der Waals surface area contributed by atoms with Crippen LogP contribution in [0.2, 0.25) is 0 Å². The predicted octanol–water partition coefficient (Wildman–Crippen LogP) is 2.45. The molecular formula is C28H52O8Sn. The molecule has 0 aromatic carbocycles. The van der Waals surface area contributed by atoms with Crippen LogP contribution in [0.4, 0.5) is 0 Å². The van der Waals surface area contributed by atoms with Crippen LogP contribution in [0.5, 0.6) is 0 Å². The topological polar surface area (TPSA) is 161 Å². The Morgan fingerprint density at radius 2 is 0.514 bits per heavy atom. The van der Waals surface area contributed by atoms with E-state index in [0.717, 1.165) is 103 Å². The van der Waals surface area contributed by atoms with Gasteiger partial charge in [0.15, 0.2) is 0 Å². The molecule has 0 aromatic rings. The van der Waals surface area contributed by atoms with Crippen molar-refractivity contribution in [1.82, 2.24) is 0 Å². The van der Waals surface area contributed by atoms with E-state index in [4.69, 9.17) is 0 Å². The van der Waals surface area contributed by atoms with Gasteiger partial charge in [0, 0.05) is 23.9 Å². The summed E-state index contributed by atoms with van der Waals surface area (Å²) in [6.45, 7) is 8.38. The standard InChI is InChI=1S/4C7H14O2.Sn/c4*1-2-3-4-5-6-7(8)9;/h4*2-6H2,1H3,(H,8,9);/q;;;;+4/p-4. The first-order valence-corrected chi connectivity index (χ1v) is 13.9. The number of carbonyl (C=O) groups excluding carboxylic acids is 4. The van der Waals surface area contributed by atoms with Gasteiger partial charge in [-0.3, -0.25) is 0 Å². The van der Waals surface area contributed by atoms with E-state index in [1.807, 2.05) is 0 Å². The van der Waals surface area contributed by atoms with Crippen molar-refractivity contribution in [2.24, 2.45) is 0 Å². The van der Waals surface area contributed by atoms with Gasteiger partial charge in [-0.15, -0.1) is 0 Å². The third-order valence-corrected chi connectivity index (χ3v) is 4.94. The van der Waals surface area contributed by atoms with Crippen LogP contribution in [0, 0.1) is 0 Å². The minimum atomic E-state index is -0.925. The molecule has 37 heavy (non-hydrogen) atoms. The molecule has 9 heteroatoms. The van der Waals surface area contributed by atoms with Gasteiger partial charge in [-0.1, -0.05) is 105 Å². The maximum absolute atomic E-state index is 9.85. The molecule has 0 amide bonds. The first kappa shape index (κ1) is 45.6. The summed E-state index contributed by atoms with van der Waals surface area (Å²) < 4.78 is 0. The molecule has 0 N–H and O–H groups in total. The maximum atomic E-state index is 9.85. The number of unbranched alkanes of at least 4 members (excludes halogenated alkanes) is 12. The molecular weight excluding hydrogens is 583 g/mol. The zero-order valence-corrected chi connectivity index (χ0v) is 26.8. The van der Waals surface area contributed by atoms with Crippen LogP contribution < -0.4 is 20.4 Å². The van der Waals surface area contributed by atoms with Crippen LogP contribution in [0.25, 0.3) is 0 Å². The monoisotopic (exact) mass is 636 g/mol. The zero-order chi connectivity index (χ0) is 28.5. The summed E-state index contributed by atoms with van der Waals surface area (Å²) in [5.74, 6) is -3.70. The van der Waals surface area contributed by atoms with Crippen molar-refractivity contribution in [3.05, 3.63) is 0 Å². The number of aliphatic carboxylic acids is 4. The van der Waals surface area contributed by atoms with E-state index in [2.05, 4.69) is 27.7 Å². The van der Waals surface area contributed by atoms with Crippen LogP contribution in [0.1, 0.15) is 156 Å². The van der Waals surface area contributed by atoms with E-state index >= 15 is 0 Å². The normalized spacial score (nSPS) is 9.19. The summed E-state index contributed by atoms with van der Waals surface area (Å²) in [4.78, 5) is 39.4. The fourth-order valence-corrected chi connectivity index (χ4v) is 2.78. The molecule has 0 bridgehead atoms. The fraction of sp³-hybridized carbons (Fsp3) is 0.857. The van der Waals surface area contributed by atoms with Crippen LogP contribution >= 0.6 is 0 Å². The molecule has 8 nitrogen and oxygen atoms in total. The predicted molar refractivity (Wildman–Crippen MR) is 141 cm³/mol. The maximum Gasteiger partial charge on any atom is 4.00 e. The molecule has 0 aliphatic rings. The molecule has 0 rings (SSSR count). The van der Waals surface area contributed by atoms with E-state index in [-0.39, 0.29) is 49.6 Å².